The second-order valence-corrected chi connectivity index (χ2v) is 9.91. The molecule has 0 aromatic heterocycles. The van der Waals surface area contributed by atoms with E-state index < -0.39 is 6.04 Å². The lowest BCUT2D eigenvalue weighted by molar-refractivity contribution is -0.137. The third kappa shape index (κ3) is 6.71. The fourth-order valence-corrected chi connectivity index (χ4v) is 5.16. The van der Waals surface area contributed by atoms with Crippen molar-refractivity contribution in [1.29, 1.82) is 0 Å². The average molecular weight is 476 g/mol. The number of rotatable bonds is 7. The van der Waals surface area contributed by atoms with Crippen LogP contribution in [0, 0.1) is 12.8 Å². The first-order valence-electron chi connectivity index (χ1n) is 13.0. The molecule has 3 amide bonds. The van der Waals surface area contributed by atoms with Crippen LogP contribution in [0.4, 0.5) is 0 Å². The minimum atomic E-state index is -0.552. The molecule has 1 atom stereocenters. The monoisotopic (exact) mass is 475 g/mol. The van der Waals surface area contributed by atoms with E-state index in [1.165, 1.54) is 5.56 Å². The van der Waals surface area contributed by atoms with E-state index in [1.807, 2.05) is 59.2 Å². The van der Waals surface area contributed by atoms with Gasteiger partial charge in [-0.3, -0.25) is 14.4 Å². The quantitative estimate of drug-likeness (QED) is 0.659. The van der Waals surface area contributed by atoms with E-state index in [2.05, 4.69) is 5.32 Å². The predicted octanol–water partition coefficient (Wildman–Crippen LogP) is 3.98. The second-order valence-electron chi connectivity index (χ2n) is 9.91. The molecule has 6 nitrogen and oxygen atoms in total. The number of amides is 3. The molecule has 2 aromatic rings. The maximum absolute atomic E-state index is 13.5. The molecule has 35 heavy (non-hydrogen) atoms. The first kappa shape index (κ1) is 25.0. The van der Waals surface area contributed by atoms with Gasteiger partial charge in [0.1, 0.15) is 6.04 Å². The lowest BCUT2D eigenvalue weighted by Gasteiger charge is -2.38. The Balaban J connectivity index is 1.38. The summed E-state index contributed by atoms with van der Waals surface area (Å²) in [5, 5.41) is 3.08. The van der Waals surface area contributed by atoms with Gasteiger partial charge in [-0.15, -0.1) is 0 Å². The van der Waals surface area contributed by atoms with Crippen molar-refractivity contribution in [2.75, 3.05) is 26.2 Å². The zero-order valence-corrected chi connectivity index (χ0v) is 20.7. The molecule has 2 fully saturated rings. The number of hydrogen-bond acceptors (Lipinski definition) is 3. The lowest BCUT2D eigenvalue weighted by atomic mass is 9.87. The van der Waals surface area contributed by atoms with Gasteiger partial charge in [-0.05, 0) is 69.1 Å². The fourth-order valence-electron chi connectivity index (χ4n) is 5.16. The summed E-state index contributed by atoms with van der Waals surface area (Å²) in [6, 6.07) is 17.0. The van der Waals surface area contributed by atoms with E-state index in [0.29, 0.717) is 25.1 Å². The number of carbonyl (C=O) groups is 3. The zero-order valence-electron chi connectivity index (χ0n) is 20.7. The normalized spacial score (nSPS) is 17.6. The van der Waals surface area contributed by atoms with Crippen LogP contribution in [0.25, 0.3) is 0 Å². The van der Waals surface area contributed by atoms with Crippen molar-refractivity contribution in [1.82, 2.24) is 15.1 Å². The summed E-state index contributed by atoms with van der Waals surface area (Å²) in [4.78, 5) is 43.2. The van der Waals surface area contributed by atoms with Gasteiger partial charge in [-0.25, -0.2) is 0 Å². The van der Waals surface area contributed by atoms with E-state index in [1.54, 1.807) is 12.1 Å². The Bertz CT molecular complexity index is 992. The Kier molecular flexibility index (Phi) is 8.56. The molecule has 1 N–H and O–H groups in total. The highest BCUT2D eigenvalue weighted by molar-refractivity contribution is 5.97. The molecule has 2 aromatic carbocycles. The van der Waals surface area contributed by atoms with Crippen molar-refractivity contribution in [3.05, 3.63) is 71.3 Å². The number of hydrogen-bond donors (Lipinski definition) is 1. The van der Waals surface area contributed by atoms with E-state index in [9.17, 15) is 14.4 Å². The highest BCUT2D eigenvalue weighted by atomic mass is 16.2. The van der Waals surface area contributed by atoms with Crippen LogP contribution in [-0.4, -0.2) is 59.7 Å². The van der Waals surface area contributed by atoms with Crippen LogP contribution in [0.5, 0.6) is 0 Å². The van der Waals surface area contributed by atoms with Gasteiger partial charge in [0, 0.05) is 38.2 Å². The van der Waals surface area contributed by atoms with Crippen molar-refractivity contribution in [2.24, 2.45) is 5.92 Å². The summed E-state index contributed by atoms with van der Waals surface area (Å²) in [5.41, 5.74) is 2.83. The Morgan fingerprint density at radius 1 is 0.857 bits per heavy atom. The Labute approximate surface area is 208 Å². The third-order valence-electron chi connectivity index (χ3n) is 7.37. The lowest BCUT2D eigenvalue weighted by Crippen LogP contribution is -2.55. The minimum absolute atomic E-state index is 0.0250. The Hall–Kier alpha value is -3.15. The van der Waals surface area contributed by atoms with Crippen LogP contribution >= 0.6 is 0 Å². The third-order valence-corrected chi connectivity index (χ3v) is 7.37. The largest absolute Gasteiger partial charge is 0.343 e. The molecule has 2 heterocycles. The number of piperidine rings is 2. The zero-order chi connectivity index (χ0) is 24.6. The van der Waals surface area contributed by atoms with E-state index in [-0.39, 0.29) is 23.6 Å². The number of aryl methyl sites for hydroxylation is 2. The summed E-state index contributed by atoms with van der Waals surface area (Å²) in [7, 11) is 0. The number of nitrogens with zero attached hydrogens (tertiary/aromatic N) is 2. The molecule has 2 saturated heterocycles. The van der Waals surface area contributed by atoms with Crippen molar-refractivity contribution < 1.29 is 14.4 Å². The average Bonchev–Trinajstić information content (AvgIpc) is 2.91. The smallest absolute Gasteiger partial charge is 0.251 e. The van der Waals surface area contributed by atoms with Gasteiger partial charge in [0.15, 0.2) is 0 Å². The molecular formula is C29H37N3O3. The molecule has 2 aliphatic heterocycles. The van der Waals surface area contributed by atoms with Crippen LogP contribution in [0.3, 0.4) is 0 Å². The molecule has 1 unspecified atom stereocenters. The number of benzene rings is 2. The maximum atomic E-state index is 13.5. The van der Waals surface area contributed by atoms with Gasteiger partial charge in [0.25, 0.3) is 5.91 Å². The minimum Gasteiger partial charge on any atom is -0.343 e. The van der Waals surface area contributed by atoms with E-state index in [0.717, 1.165) is 57.2 Å². The maximum Gasteiger partial charge on any atom is 0.251 e. The SMILES string of the molecule is Cc1ccc(C(=O)NC(C(=O)N2CCCCC2)C2CCN(C(=O)CCc3ccccc3)CC2)cc1. The Morgan fingerprint density at radius 2 is 1.51 bits per heavy atom. The second kappa shape index (κ2) is 12.0. The topological polar surface area (TPSA) is 69.7 Å². The summed E-state index contributed by atoms with van der Waals surface area (Å²) in [6.07, 6.45) is 5.84. The molecule has 186 valence electrons. The molecule has 0 bridgehead atoms. The van der Waals surface area contributed by atoms with Crippen LogP contribution < -0.4 is 5.32 Å². The first-order chi connectivity index (χ1) is 17.0. The van der Waals surface area contributed by atoms with Crippen LogP contribution in [-0.2, 0) is 16.0 Å². The molecule has 2 aliphatic rings. The highest BCUT2D eigenvalue weighted by Crippen LogP contribution is 2.24. The Morgan fingerprint density at radius 3 is 2.17 bits per heavy atom. The van der Waals surface area contributed by atoms with Crippen molar-refractivity contribution in [2.45, 2.75) is 57.9 Å². The molecule has 0 radical (unpaired) electrons. The summed E-state index contributed by atoms with van der Waals surface area (Å²) >= 11 is 0. The summed E-state index contributed by atoms with van der Waals surface area (Å²) < 4.78 is 0. The van der Waals surface area contributed by atoms with Gasteiger partial charge in [0.05, 0.1) is 0 Å². The van der Waals surface area contributed by atoms with Crippen LogP contribution in [0.15, 0.2) is 54.6 Å². The standard InChI is InChI=1S/C29H37N3O3/c1-22-10-13-25(14-11-22)28(34)30-27(29(35)32-18-6-3-7-19-32)24-16-20-31(21-17-24)26(33)15-12-23-8-4-2-5-9-23/h2,4-5,8-11,13-14,24,27H,3,6-7,12,15-21H2,1H3,(H,30,34). The summed E-state index contributed by atoms with van der Waals surface area (Å²) in [5.74, 6) is 0.00708. The van der Waals surface area contributed by atoms with Gasteiger partial charge < -0.3 is 15.1 Å². The molecule has 0 spiro atoms. The van der Waals surface area contributed by atoms with E-state index >= 15 is 0 Å². The molecular weight excluding hydrogens is 438 g/mol. The number of carbonyl (C=O) groups excluding carboxylic acids is 3. The highest BCUT2D eigenvalue weighted by Gasteiger charge is 2.36. The van der Waals surface area contributed by atoms with Crippen LogP contribution in [0.2, 0.25) is 0 Å². The van der Waals surface area contributed by atoms with Crippen molar-refractivity contribution in [3.63, 3.8) is 0 Å². The first-order valence-corrected chi connectivity index (χ1v) is 13.0. The molecule has 0 aliphatic carbocycles. The molecule has 6 heteroatoms. The number of nitrogens with one attached hydrogen (secondary N) is 1. The van der Waals surface area contributed by atoms with Gasteiger partial charge >= 0.3 is 0 Å². The predicted molar refractivity (Wildman–Crippen MR) is 137 cm³/mol. The fraction of sp³-hybridized carbons (Fsp3) is 0.483. The summed E-state index contributed by atoms with van der Waals surface area (Å²) in [6.45, 7) is 4.75. The van der Waals surface area contributed by atoms with Gasteiger partial charge in [-0.2, -0.15) is 0 Å². The van der Waals surface area contributed by atoms with E-state index in [4.69, 9.17) is 0 Å². The van der Waals surface area contributed by atoms with Gasteiger partial charge in [0.2, 0.25) is 11.8 Å². The number of likely N-dealkylation sites (tertiary alicyclic amines) is 2. The molecule has 4 rings (SSSR count). The van der Waals surface area contributed by atoms with Crippen molar-refractivity contribution >= 4 is 17.7 Å². The van der Waals surface area contributed by atoms with Crippen molar-refractivity contribution in [3.8, 4) is 0 Å². The van der Waals surface area contributed by atoms with Gasteiger partial charge in [-0.1, -0.05) is 48.0 Å². The van der Waals surface area contributed by atoms with Crippen LogP contribution in [0.1, 0.15) is 60.0 Å². The molecule has 0 saturated carbocycles.